The van der Waals surface area contributed by atoms with Crippen molar-refractivity contribution in [3.8, 4) is 0 Å². The summed E-state index contributed by atoms with van der Waals surface area (Å²) in [7, 11) is -6.92. The van der Waals surface area contributed by atoms with Crippen molar-refractivity contribution in [2.75, 3.05) is 0 Å². The molecule has 0 saturated heterocycles. The molecule has 1 rings (SSSR count). The molecule has 0 aromatic carbocycles. The Kier molecular flexibility index (Phi) is 7.37. The molecule has 0 saturated carbocycles. The number of nitrogens with zero attached hydrogens (tertiary/aromatic N) is 1. The van der Waals surface area contributed by atoms with Crippen LogP contribution in [0.3, 0.4) is 0 Å². The highest BCUT2D eigenvalue weighted by molar-refractivity contribution is 7.79. The summed E-state index contributed by atoms with van der Waals surface area (Å²) in [5.41, 5.74) is 0. The number of hydrogen-bond acceptors (Lipinski definition) is 5. The van der Waals surface area contributed by atoms with Gasteiger partial charge in [-0.3, -0.25) is 9.54 Å². The highest BCUT2D eigenvalue weighted by Gasteiger charge is 1.94. The first-order valence-corrected chi connectivity index (χ1v) is 6.91. The minimum atomic E-state index is -4.92. The predicted octanol–water partition coefficient (Wildman–Crippen LogP) is -1.23. The van der Waals surface area contributed by atoms with Crippen LogP contribution in [0.1, 0.15) is 12.8 Å². The third-order valence-corrected chi connectivity index (χ3v) is 1.98. The summed E-state index contributed by atoms with van der Waals surface area (Å²) < 4.78 is 55.0. The molecule has 0 fully saturated rings. The van der Waals surface area contributed by atoms with E-state index >= 15 is 0 Å². The number of aromatic amines is 1. The fraction of sp³-hybridized carbons (Fsp3) is 0.429. The number of aromatic nitrogens is 2. The molecule has 98 valence electrons. The van der Waals surface area contributed by atoms with E-state index in [2.05, 4.69) is 4.98 Å². The Bertz CT molecular complexity index is 515. The molecule has 0 aliphatic heterocycles. The number of nitrogens with one attached hydrogen (secondary N) is 1. The van der Waals surface area contributed by atoms with Gasteiger partial charge in [-0.1, -0.05) is 0 Å². The van der Waals surface area contributed by atoms with Gasteiger partial charge in [0.1, 0.15) is 12.4 Å². The van der Waals surface area contributed by atoms with Gasteiger partial charge in [-0.05, 0) is 12.8 Å². The van der Waals surface area contributed by atoms with E-state index in [0.717, 1.165) is 13.0 Å². The summed E-state index contributed by atoms with van der Waals surface area (Å²) in [6, 6.07) is 0. The third-order valence-electron chi connectivity index (χ3n) is 1.48. The van der Waals surface area contributed by atoms with Crippen LogP contribution < -0.4 is 4.57 Å². The molecule has 1 heterocycles. The zero-order valence-corrected chi connectivity index (χ0v) is 10.3. The second-order valence-corrected chi connectivity index (χ2v) is 4.56. The molecule has 0 spiro atoms. The van der Waals surface area contributed by atoms with Crippen LogP contribution in [0.15, 0.2) is 18.7 Å². The lowest BCUT2D eigenvalue weighted by atomic mass is 10.3. The molecule has 0 aliphatic carbocycles. The Morgan fingerprint density at radius 3 is 2.47 bits per heavy atom. The maximum absolute atomic E-state index is 10.1. The molecule has 2 N–H and O–H groups in total. The molecule has 0 atom stereocenters. The first-order valence-electron chi connectivity index (χ1n) is 4.40. The summed E-state index contributed by atoms with van der Waals surface area (Å²) in [5, 5.41) is 1.28. The van der Waals surface area contributed by atoms with E-state index in [1.54, 1.807) is 0 Å². The lowest BCUT2D eigenvalue weighted by molar-refractivity contribution is -0.695. The van der Waals surface area contributed by atoms with Gasteiger partial charge < -0.3 is 4.55 Å². The van der Waals surface area contributed by atoms with E-state index in [1.165, 1.54) is 5.37 Å². The molecule has 0 amide bonds. The Morgan fingerprint density at radius 2 is 2.06 bits per heavy atom. The van der Waals surface area contributed by atoms with Gasteiger partial charge in [0.05, 0.1) is 6.54 Å². The SMILES string of the molecule is O=S(=O)([O-])O.O=S(=O)=CCCC[n+]1cc[nH]c1. The van der Waals surface area contributed by atoms with Crippen molar-refractivity contribution < 1.29 is 30.5 Å². The largest absolute Gasteiger partial charge is 0.726 e. The van der Waals surface area contributed by atoms with Crippen LogP contribution in [0.2, 0.25) is 0 Å². The second-order valence-electron chi connectivity index (χ2n) is 2.85. The van der Waals surface area contributed by atoms with E-state index in [4.69, 9.17) is 17.5 Å². The first kappa shape index (κ1) is 15.8. The van der Waals surface area contributed by atoms with Crippen LogP contribution >= 0.6 is 0 Å². The standard InChI is InChI=1S/C7H10N2O2S.H2O4S/c10-12(11)6-2-1-4-9-5-3-8-7-9;1-5(2,3)4/h3,5-7H,1-2,4H2;(H2,1,2,3,4). The Labute approximate surface area is 100 Å². The summed E-state index contributed by atoms with van der Waals surface area (Å²) in [5.74, 6) is 0. The van der Waals surface area contributed by atoms with Gasteiger partial charge in [0.15, 0.2) is 0 Å². The van der Waals surface area contributed by atoms with Crippen LogP contribution in [0.25, 0.3) is 0 Å². The quantitative estimate of drug-likeness (QED) is 0.234. The minimum absolute atomic E-state index is 0.605. The third kappa shape index (κ3) is 14.8. The van der Waals surface area contributed by atoms with Gasteiger partial charge in [0.25, 0.3) is 0 Å². The van der Waals surface area contributed by atoms with Crippen molar-refractivity contribution in [3.63, 3.8) is 0 Å². The van der Waals surface area contributed by atoms with Crippen LogP contribution in [0.5, 0.6) is 0 Å². The molecule has 0 bridgehead atoms. The molecule has 17 heavy (non-hydrogen) atoms. The number of unbranched alkanes of at least 4 members (excludes halogenated alkanes) is 1. The van der Waals surface area contributed by atoms with Gasteiger partial charge in [-0.15, -0.1) is 0 Å². The Hall–Kier alpha value is -1.23. The fourth-order valence-corrected chi connectivity index (χ4v) is 1.27. The van der Waals surface area contributed by atoms with Crippen molar-refractivity contribution in [1.29, 1.82) is 0 Å². The number of hydrogen-bond donors (Lipinski definition) is 2. The van der Waals surface area contributed by atoms with Crippen LogP contribution in [0.4, 0.5) is 0 Å². The average Bonchev–Trinajstić information content (AvgIpc) is 2.61. The van der Waals surface area contributed by atoms with Crippen LogP contribution in [-0.2, 0) is 27.2 Å². The highest BCUT2D eigenvalue weighted by atomic mass is 32.3. The van der Waals surface area contributed by atoms with Gasteiger partial charge in [-0.2, -0.15) is 8.42 Å². The van der Waals surface area contributed by atoms with E-state index in [-0.39, 0.29) is 0 Å². The molecule has 0 aliphatic rings. The molecule has 0 unspecified atom stereocenters. The molecular weight excluding hydrogens is 272 g/mol. The van der Waals surface area contributed by atoms with Gasteiger partial charge in [-0.25, -0.2) is 13.0 Å². The average molecular weight is 284 g/mol. The zero-order valence-electron chi connectivity index (χ0n) is 8.68. The van der Waals surface area contributed by atoms with Crippen LogP contribution in [-0.4, -0.2) is 36.3 Å². The van der Waals surface area contributed by atoms with E-state index in [0.29, 0.717) is 6.42 Å². The number of H-pyrrole nitrogens is 1. The normalized spacial score (nSPS) is 10.2. The Balaban J connectivity index is 0.000000437. The van der Waals surface area contributed by atoms with Crippen molar-refractivity contribution in [1.82, 2.24) is 4.98 Å². The van der Waals surface area contributed by atoms with E-state index in [1.807, 2.05) is 23.3 Å². The summed E-state index contributed by atoms with van der Waals surface area (Å²) in [4.78, 5) is 2.91. The number of aryl methyl sites for hydroxylation is 1. The molecule has 0 radical (unpaired) electrons. The maximum Gasteiger partial charge on any atom is 0.241 e. The molecule has 8 nitrogen and oxygen atoms in total. The lowest BCUT2D eigenvalue weighted by Crippen LogP contribution is -2.30. The fourth-order valence-electron chi connectivity index (χ4n) is 0.913. The van der Waals surface area contributed by atoms with E-state index in [9.17, 15) is 8.42 Å². The zero-order chi connectivity index (χ0) is 13.3. The Morgan fingerprint density at radius 1 is 1.47 bits per heavy atom. The maximum atomic E-state index is 10.1. The summed E-state index contributed by atoms with van der Waals surface area (Å²) in [6.45, 7) is 0.844. The monoisotopic (exact) mass is 284 g/mol. The van der Waals surface area contributed by atoms with Crippen molar-refractivity contribution in [2.45, 2.75) is 19.4 Å². The van der Waals surface area contributed by atoms with Crippen molar-refractivity contribution in [2.24, 2.45) is 0 Å². The molecule has 1 aromatic heterocycles. The highest BCUT2D eigenvalue weighted by Crippen LogP contribution is 1.83. The van der Waals surface area contributed by atoms with E-state index < -0.39 is 20.7 Å². The molecule has 1 aromatic rings. The van der Waals surface area contributed by atoms with Crippen LogP contribution in [0, 0.1) is 0 Å². The van der Waals surface area contributed by atoms with Crippen molar-refractivity contribution in [3.05, 3.63) is 18.7 Å². The molecular formula is C7H12N2O6S2. The smallest absolute Gasteiger partial charge is 0.241 e. The molecule has 10 heteroatoms. The topological polar surface area (TPSA) is 131 Å². The minimum Gasteiger partial charge on any atom is -0.726 e. The number of imidazole rings is 1. The summed E-state index contributed by atoms with van der Waals surface area (Å²) in [6.07, 6.45) is 7.03. The second kappa shape index (κ2) is 7.95. The van der Waals surface area contributed by atoms with Gasteiger partial charge in [0.2, 0.25) is 27.0 Å². The predicted molar refractivity (Wildman–Crippen MR) is 57.5 cm³/mol. The van der Waals surface area contributed by atoms with Crippen molar-refractivity contribution >= 4 is 26.1 Å². The summed E-state index contributed by atoms with van der Waals surface area (Å²) >= 11 is 0. The first-order chi connectivity index (χ1) is 7.79. The number of rotatable bonds is 4. The lowest BCUT2D eigenvalue weighted by Gasteiger charge is -1.90. The van der Waals surface area contributed by atoms with Gasteiger partial charge in [0, 0.05) is 5.37 Å². The van der Waals surface area contributed by atoms with Gasteiger partial charge >= 0.3 is 0 Å².